The molecule has 1 atom stereocenters. The van der Waals surface area contributed by atoms with E-state index < -0.39 is 18.0 Å². The highest BCUT2D eigenvalue weighted by atomic mass is 16.5. The fourth-order valence-corrected chi connectivity index (χ4v) is 3.84. The highest BCUT2D eigenvalue weighted by Gasteiger charge is 2.36. The molecule has 0 spiro atoms. The monoisotopic (exact) mass is 416 g/mol. The molecule has 1 aliphatic heterocycles. The first-order valence-corrected chi connectivity index (χ1v) is 10.4. The number of nitrogens with zero attached hydrogens (tertiary/aromatic N) is 1. The van der Waals surface area contributed by atoms with Crippen molar-refractivity contribution in [1.82, 2.24) is 10.2 Å². The van der Waals surface area contributed by atoms with Gasteiger partial charge in [0.05, 0.1) is 16.7 Å². The first-order chi connectivity index (χ1) is 14.4. The predicted octanol–water partition coefficient (Wildman–Crippen LogP) is 2.31. The van der Waals surface area contributed by atoms with Crippen LogP contribution in [0.3, 0.4) is 0 Å². The summed E-state index contributed by atoms with van der Waals surface area (Å²) >= 11 is 0. The average Bonchev–Trinajstić information content (AvgIpc) is 2.98. The van der Waals surface area contributed by atoms with Crippen molar-refractivity contribution < 1.29 is 28.7 Å². The second kappa shape index (κ2) is 9.84. The molecule has 0 aromatic heterocycles. The molecule has 1 aromatic rings. The molecular formula is C22H28N2O6. The molecule has 8 heteroatoms. The number of carbonyl (C=O) groups excluding carboxylic acids is 4. The van der Waals surface area contributed by atoms with E-state index >= 15 is 0 Å². The Kier molecular flexibility index (Phi) is 7.20. The van der Waals surface area contributed by atoms with E-state index in [1.54, 1.807) is 7.11 Å². The second-order valence-corrected chi connectivity index (χ2v) is 7.76. The lowest BCUT2D eigenvalue weighted by Gasteiger charge is -2.24. The molecule has 30 heavy (non-hydrogen) atoms. The van der Waals surface area contributed by atoms with E-state index in [0.717, 1.165) is 30.6 Å². The number of carbonyl (C=O) groups is 4. The number of rotatable bonds is 8. The Morgan fingerprint density at radius 3 is 2.53 bits per heavy atom. The fraction of sp³-hybridized carbons (Fsp3) is 0.545. The molecule has 1 unspecified atom stereocenters. The van der Waals surface area contributed by atoms with Gasteiger partial charge in [-0.25, -0.2) is 4.79 Å². The molecule has 3 amide bonds. The maximum Gasteiger partial charge on any atom is 0.338 e. The van der Waals surface area contributed by atoms with Gasteiger partial charge in [0.25, 0.3) is 17.7 Å². The highest BCUT2D eigenvalue weighted by Crippen LogP contribution is 2.25. The van der Waals surface area contributed by atoms with Crippen LogP contribution in [-0.4, -0.2) is 61.0 Å². The molecule has 1 saturated carbocycles. The summed E-state index contributed by atoms with van der Waals surface area (Å²) < 4.78 is 10.3. The van der Waals surface area contributed by atoms with Crippen LogP contribution in [0.5, 0.6) is 0 Å². The molecule has 1 aliphatic carbocycles. The summed E-state index contributed by atoms with van der Waals surface area (Å²) in [4.78, 5) is 51.0. The fourth-order valence-electron chi connectivity index (χ4n) is 3.84. The van der Waals surface area contributed by atoms with E-state index in [2.05, 4.69) is 5.32 Å². The zero-order valence-corrected chi connectivity index (χ0v) is 17.4. The maximum absolute atomic E-state index is 12.6. The van der Waals surface area contributed by atoms with Crippen molar-refractivity contribution >= 4 is 23.7 Å². The van der Waals surface area contributed by atoms with Crippen molar-refractivity contribution in [3.63, 3.8) is 0 Å². The maximum atomic E-state index is 12.6. The van der Waals surface area contributed by atoms with Crippen molar-refractivity contribution in [1.29, 1.82) is 0 Å². The first-order valence-electron chi connectivity index (χ1n) is 10.4. The molecule has 1 aromatic carbocycles. The normalized spacial score (nSPS) is 17.6. The third-order valence-corrected chi connectivity index (χ3v) is 5.54. The number of ether oxygens (including phenoxy) is 2. The summed E-state index contributed by atoms with van der Waals surface area (Å²) in [5, 5.41) is 2.93. The van der Waals surface area contributed by atoms with Gasteiger partial charge in [-0.1, -0.05) is 19.3 Å². The molecule has 1 N–H and O–H groups in total. The molecule has 0 bridgehead atoms. The molecule has 0 radical (unpaired) electrons. The molecule has 1 fully saturated rings. The minimum Gasteiger partial charge on any atom is -0.449 e. The van der Waals surface area contributed by atoms with E-state index in [-0.39, 0.29) is 41.1 Å². The van der Waals surface area contributed by atoms with Gasteiger partial charge in [-0.3, -0.25) is 19.3 Å². The smallest absolute Gasteiger partial charge is 0.338 e. The summed E-state index contributed by atoms with van der Waals surface area (Å²) in [5.74, 6) is -1.86. The lowest BCUT2D eigenvalue weighted by Crippen LogP contribution is -2.42. The average molecular weight is 416 g/mol. The van der Waals surface area contributed by atoms with Gasteiger partial charge in [0.15, 0.2) is 6.10 Å². The summed E-state index contributed by atoms with van der Waals surface area (Å²) in [6.07, 6.45) is 4.82. The summed E-state index contributed by atoms with van der Waals surface area (Å²) in [6, 6.07) is 4.38. The number of hydrogen-bond donors (Lipinski definition) is 1. The van der Waals surface area contributed by atoms with Crippen molar-refractivity contribution in [2.24, 2.45) is 0 Å². The Bertz CT molecular complexity index is 831. The van der Waals surface area contributed by atoms with Crippen LogP contribution in [0.2, 0.25) is 0 Å². The number of methoxy groups -OCH3 is 1. The third-order valence-electron chi connectivity index (χ3n) is 5.54. The number of fused-ring (bicyclic) bond motifs is 1. The number of esters is 1. The lowest BCUT2D eigenvalue weighted by atomic mass is 9.95. The Hall–Kier alpha value is -2.74. The lowest BCUT2D eigenvalue weighted by molar-refractivity contribution is -0.130. The van der Waals surface area contributed by atoms with E-state index in [9.17, 15) is 19.2 Å². The number of benzene rings is 1. The van der Waals surface area contributed by atoms with Crippen LogP contribution in [0, 0.1) is 0 Å². The molecule has 3 rings (SSSR count). The Morgan fingerprint density at radius 1 is 1.13 bits per heavy atom. The van der Waals surface area contributed by atoms with Gasteiger partial charge in [0.2, 0.25) is 0 Å². The van der Waals surface area contributed by atoms with Crippen molar-refractivity contribution in [3.05, 3.63) is 34.9 Å². The second-order valence-electron chi connectivity index (χ2n) is 7.76. The van der Waals surface area contributed by atoms with Crippen molar-refractivity contribution in [2.45, 2.75) is 57.6 Å². The number of hydrogen-bond acceptors (Lipinski definition) is 6. The van der Waals surface area contributed by atoms with Gasteiger partial charge in [0.1, 0.15) is 0 Å². The van der Waals surface area contributed by atoms with Crippen LogP contribution in [0.15, 0.2) is 18.2 Å². The standard InChI is InChI=1S/C22H28N2O6/c1-14(19(25)23-16-7-4-3-5-8-16)30-22(28)15-9-10-17-18(13-15)21(27)24(20(17)26)11-6-12-29-2/h9-10,13-14,16H,3-8,11-12H2,1-2H3,(H,23,25). The van der Waals surface area contributed by atoms with Crippen LogP contribution < -0.4 is 5.32 Å². The van der Waals surface area contributed by atoms with E-state index in [1.165, 1.54) is 31.5 Å². The number of nitrogens with one attached hydrogen (secondary N) is 1. The van der Waals surface area contributed by atoms with Crippen molar-refractivity contribution in [3.8, 4) is 0 Å². The number of amides is 3. The molecule has 162 valence electrons. The summed E-state index contributed by atoms with van der Waals surface area (Å²) in [6.45, 7) is 2.21. The van der Waals surface area contributed by atoms with Gasteiger partial charge in [-0.2, -0.15) is 0 Å². The van der Waals surface area contributed by atoms with E-state index in [0.29, 0.717) is 13.0 Å². The quantitative estimate of drug-likeness (QED) is 0.396. The van der Waals surface area contributed by atoms with Crippen LogP contribution in [-0.2, 0) is 14.3 Å². The molecular weight excluding hydrogens is 388 g/mol. The van der Waals surface area contributed by atoms with Gasteiger partial charge < -0.3 is 14.8 Å². The Balaban J connectivity index is 1.62. The largest absolute Gasteiger partial charge is 0.449 e. The van der Waals surface area contributed by atoms with Crippen LogP contribution >= 0.6 is 0 Å². The van der Waals surface area contributed by atoms with E-state index in [1.807, 2.05) is 0 Å². The summed E-state index contributed by atoms with van der Waals surface area (Å²) in [5.41, 5.74) is 0.564. The van der Waals surface area contributed by atoms with Gasteiger partial charge >= 0.3 is 5.97 Å². The van der Waals surface area contributed by atoms with E-state index in [4.69, 9.17) is 9.47 Å². The topological polar surface area (TPSA) is 102 Å². The van der Waals surface area contributed by atoms with Crippen LogP contribution in [0.4, 0.5) is 0 Å². The van der Waals surface area contributed by atoms with Crippen LogP contribution in [0.25, 0.3) is 0 Å². The van der Waals surface area contributed by atoms with Gasteiger partial charge in [-0.05, 0) is 44.4 Å². The van der Waals surface area contributed by atoms with Gasteiger partial charge in [-0.15, -0.1) is 0 Å². The van der Waals surface area contributed by atoms with Crippen molar-refractivity contribution in [2.75, 3.05) is 20.3 Å². The Morgan fingerprint density at radius 2 is 1.83 bits per heavy atom. The zero-order chi connectivity index (χ0) is 21.7. The van der Waals surface area contributed by atoms with Crippen LogP contribution in [0.1, 0.15) is 76.5 Å². The molecule has 8 nitrogen and oxygen atoms in total. The zero-order valence-electron chi connectivity index (χ0n) is 17.4. The molecule has 2 aliphatic rings. The predicted molar refractivity (Wildman–Crippen MR) is 108 cm³/mol. The summed E-state index contributed by atoms with van der Waals surface area (Å²) in [7, 11) is 1.55. The van der Waals surface area contributed by atoms with Gasteiger partial charge in [0, 0.05) is 26.3 Å². The molecule has 1 heterocycles. The first kappa shape index (κ1) is 22.0. The highest BCUT2D eigenvalue weighted by molar-refractivity contribution is 6.22. The SMILES string of the molecule is COCCCN1C(=O)c2ccc(C(=O)OC(C)C(=O)NC3CCCCC3)cc2C1=O. The minimum absolute atomic E-state index is 0.125. The Labute approximate surface area is 175 Å². The minimum atomic E-state index is -0.949. The molecule has 0 saturated heterocycles. The third kappa shape index (κ3) is 4.87. The number of imide groups is 1.